The highest BCUT2D eigenvalue weighted by molar-refractivity contribution is 7.89. The van der Waals surface area contributed by atoms with Gasteiger partial charge in [0.25, 0.3) is 0 Å². The van der Waals surface area contributed by atoms with Crippen molar-refractivity contribution in [3.63, 3.8) is 0 Å². The Morgan fingerprint density at radius 3 is 2.50 bits per heavy atom. The second kappa shape index (κ2) is 9.06. The average Bonchev–Trinajstić information content (AvgIpc) is 3.08. The Kier molecular flexibility index (Phi) is 6.24. The van der Waals surface area contributed by atoms with Crippen molar-refractivity contribution in [1.29, 1.82) is 0 Å². The molecule has 30 heavy (non-hydrogen) atoms. The lowest BCUT2D eigenvalue weighted by molar-refractivity contribution is 0.0109. The molecule has 4 rings (SSSR count). The summed E-state index contributed by atoms with van der Waals surface area (Å²) in [6.45, 7) is 1.30. The Morgan fingerprint density at radius 2 is 1.73 bits per heavy atom. The molecule has 0 saturated carbocycles. The Morgan fingerprint density at radius 1 is 1.00 bits per heavy atom. The first-order chi connectivity index (χ1) is 14.5. The summed E-state index contributed by atoms with van der Waals surface area (Å²) in [5.41, 5.74) is 0.197. The second-order valence-electron chi connectivity index (χ2n) is 7.44. The summed E-state index contributed by atoms with van der Waals surface area (Å²) in [5.74, 6) is 0.673. The molecule has 1 saturated heterocycles. The molecule has 2 aromatic carbocycles. The van der Waals surface area contributed by atoms with E-state index in [1.165, 1.54) is 16.4 Å². The molecule has 2 aliphatic rings. The predicted molar refractivity (Wildman–Crippen MR) is 110 cm³/mol. The summed E-state index contributed by atoms with van der Waals surface area (Å²) in [6, 6.07) is 13.3. The van der Waals surface area contributed by atoms with Crippen LogP contribution in [0.5, 0.6) is 11.5 Å². The summed E-state index contributed by atoms with van der Waals surface area (Å²) in [4.78, 5) is 12.6. The van der Waals surface area contributed by atoms with Gasteiger partial charge < -0.3 is 14.2 Å². The Hall–Kier alpha value is -2.58. The molecule has 0 N–H and O–H groups in total. The number of esters is 1. The fourth-order valence-electron chi connectivity index (χ4n) is 3.61. The van der Waals surface area contributed by atoms with Crippen LogP contribution in [-0.4, -0.2) is 51.1 Å². The van der Waals surface area contributed by atoms with Crippen LogP contribution in [0.4, 0.5) is 0 Å². The number of hydrogen-bond donors (Lipinski definition) is 0. The maximum atomic E-state index is 13.0. The fraction of sp³-hybridized carbons (Fsp3) is 0.409. The number of fused-ring (bicyclic) bond motifs is 1. The third-order valence-electron chi connectivity index (χ3n) is 5.24. The van der Waals surface area contributed by atoms with Crippen molar-refractivity contribution in [2.75, 3.05) is 26.3 Å². The standard InChI is InChI=1S/C22H25NO6S/c24-22(28-16-18-15-27-20-10-3-4-11-21(20)29-18)17-8-7-9-19(14-17)30(25,26)23-12-5-1-2-6-13-23/h3-4,7-11,14,18H,1-2,5-6,12-13,15-16H2. The largest absolute Gasteiger partial charge is 0.486 e. The molecule has 160 valence electrons. The first-order valence-corrected chi connectivity index (χ1v) is 11.6. The van der Waals surface area contributed by atoms with E-state index in [-0.39, 0.29) is 23.7 Å². The van der Waals surface area contributed by atoms with Crippen molar-refractivity contribution >= 4 is 16.0 Å². The molecule has 0 radical (unpaired) electrons. The van der Waals surface area contributed by atoms with Gasteiger partial charge in [-0.3, -0.25) is 0 Å². The second-order valence-corrected chi connectivity index (χ2v) is 9.38. The van der Waals surface area contributed by atoms with E-state index in [0.717, 1.165) is 25.7 Å². The SMILES string of the molecule is O=C(OCC1COc2ccccc2O1)c1cccc(S(=O)(=O)N2CCCCCC2)c1. The molecule has 2 aliphatic heterocycles. The lowest BCUT2D eigenvalue weighted by Gasteiger charge is -2.26. The first kappa shape index (κ1) is 20.7. The summed E-state index contributed by atoms with van der Waals surface area (Å²) in [5, 5.41) is 0. The Bertz CT molecular complexity index is 998. The van der Waals surface area contributed by atoms with Gasteiger partial charge in [-0.2, -0.15) is 4.31 Å². The minimum Gasteiger partial charge on any atom is -0.486 e. The molecule has 0 spiro atoms. The highest BCUT2D eigenvalue weighted by Crippen LogP contribution is 2.31. The molecule has 7 nitrogen and oxygen atoms in total. The van der Waals surface area contributed by atoms with Crippen molar-refractivity contribution in [2.45, 2.75) is 36.7 Å². The number of para-hydroxylation sites is 2. The van der Waals surface area contributed by atoms with Crippen LogP contribution in [0, 0.1) is 0 Å². The summed E-state index contributed by atoms with van der Waals surface area (Å²) < 4.78 is 44.2. The van der Waals surface area contributed by atoms with Gasteiger partial charge in [0.2, 0.25) is 10.0 Å². The zero-order valence-corrected chi connectivity index (χ0v) is 17.5. The van der Waals surface area contributed by atoms with Gasteiger partial charge in [-0.1, -0.05) is 31.0 Å². The van der Waals surface area contributed by atoms with E-state index in [2.05, 4.69) is 0 Å². The van der Waals surface area contributed by atoms with Crippen LogP contribution in [-0.2, 0) is 14.8 Å². The van der Waals surface area contributed by atoms with Crippen LogP contribution in [0.3, 0.4) is 0 Å². The van der Waals surface area contributed by atoms with Crippen molar-refractivity contribution in [1.82, 2.24) is 4.31 Å². The lowest BCUT2D eigenvalue weighted by Crippen LogP contribution is -2.34. The van der Waals surface area contributed by atoms with Crippen LogP contribution in [0.1, 0.15) is 36.0 Å². The number of carbonyl (C=O) groups is 1. The van der Waals surface area contributed by atoms with Gasteiger partial charge in [-0.05, 0) is 43.2 Å². The molecule has 0 amide bonds. The number of rotatable bonds is 5. The number of nitrogens with zero attached hydrogens (tertiary/aromatic N) is 1. The van der Waals surface area contributed by atoms with E-state index in [4.69, 9.17) is 14.2 Å². The minimum atomic E-state index is -3.63. The maximum Gasteiger partial charge on any atom is 0.338 e. The summed E-state index contributed by atoms with van der Waals surface area (Å²) in [7, 11) is -3.63. The molecule has 8 heteroatoms. The molecule has 1 atom stereocenters. The van der Waals surface area contributed by atoms with E-state index in [1.807, 2.05) is 18.2 Å². The monoisotopic (exact) mass is 431 g/mol. The van der Waals surface area contributed by atoms with Crippen LogP contribution >= 0.6 is 0 Å². The van der Waals surface area contributed by atoms with Crippen LogP contribution in [0.25, 0.3) is 0 Å². The van der Waals surface area contributed by atoms with E-state index < -0.39 is 22.1 Å². The molecule has 0 aliphatic carbocycles. The lowest BCUT2D eigenvalue weighted by atomic mass is 10.2. The molecular formula is C22H25NO6S. The zero-order valence-electron chi connectivity index (χ0n) is 16.7. The van der Waals surface area contributed by atoms with Gasteiger partial charge in [0.1, 0.15) is 13.2 Å². The Balaban J connectivity index is 1.40. The quantitative estimate of drug-likeness (QED) is 0.676. The van der Waals surface area contributed by atoms with Gasteiger partial charge in [-0.25, -0.2) is 13.2 Å². The molecule has 2 aromatic rings. The third-order valence-corrected chi connectivity index (χ3v) is 7.14. The topological polar surface area (TPSA) is 82.1 Å². The van der Waals surface area contributed by atoms with E-state index in [0.29, 0.717) is 24.6 Å². The molecular weight excluding hydrogens is 406 g/mol. The fourth-order valence-corrected chi connectivity index (χ4v) is 5.18. The van der Waals surface area contributed by atoms with E-state index >= 15 is 0 Å². The van der Waals surface area contributed by atoms with Gasteiger partial charge >= 0.3 is 5.97 Å². The van der Waals surface area contributed by atoms with Crippen molar-refractivity contribution < 1.29 is 27.4 Å². The molecule has 1 fully saturated rings. The van der Waals surface area contributed by atoms with Crippen molar-refractivity contribution in [3.05, 3.63) is 54.1 Å². The molecule has 0 aromatic heterocycles. The molecule has 1 unspecified atom stereocenters. The third kappa shape index (κ3) is 4.60. The first-order valence-electron chi connectivity index (χ1n) is 10.2. The van der Waals surface area contributed by atoms with Crippen LogP contribution < -0.4 is 9.47 Å². The van der Waals surface area contributed by atoms with Crippen LogP contribution in [0.2, 0.25) is 0 Å². The van der Waals surface area contributed by atoms with Crippen molar-refractivity contribution in [3.8, 4) is 11.5 Å². The normalized spacial score (nSPS) is 19.7. The van der Waals surface area contributed by atoms with Gasteiger partial charge in [-0.15, -0.1) is 0 Å². The van der Waals surface area contributed by atoms with Crippen molar-refractivity contribution in [2.24, 2.45) is 0 Å². The number of benzene rings is 2. The Labute approximate surface area is 176 Å². The zero-order chi connectivity index (χ0) is 21.0. The molecule has 2 heterocycles. The van der Waals surface area contributed by atoms with Gasteiger partial charge in [0.05, 0.1) is 10.5 Å². The van der Waals surface area contributed by atoms with Gasteiger partial charge in [0.15, 0.2) is 17.6 Å². The highest BCUT2D eigenvalue weighted by atomic mass is 32.2. The highest BCUT2D eigenvalue weighted by Gasteiger charge is 2.27. The van der Waals surface area contributed by atoms with Crippen LogP contribution in [0.15, 0.2) is 53.4 Å². The maximum absolute atomic E-state index is 13.0. The summed E-state index contributed by atoms with van der Waals surface area (Å²) in [6.07, 6.45) is 3.36. The number of hydrogen-bond acceptors (Lipinski definition) is 6. The minimum absolute atomic E-state index is 0.0102. The van der Waals surface area contributed by atoms with E-state index in [1.54, 1.807) is 18.2 Å². The smallest absolute Gasteiger partial charge is 0.338 e. The summed E-state index contributed by atoms with van der Waals surface area (Å²) >= 11 is 0. The average molecular weight is 432 g/mol. The number of sulfonamides is 1. The van der Waals surface area contributed by atoms with E-state index in [9.17, 15) is 13.2 Å². The number of ether oxygens (including phenoxy) is 3. The number of carbonyl (C=O) groups excluding carboxylic acids is 1. The molecule has 0 bridgehead atoms. The van der Waals surface area contributed by atoms with Gasteiger partial charge in [0, 0.05) is 13.1 Å². The predicted octanol–water partition coefficient (Wildman–Crippen LogP) is 3.25.